The summed E-state index contributed by atoms with van der Waals surface area (Å²) in [6, 6.07) is -0.571. The van der Waals surface area contributed by atoms with Crippen LogP contribution in [0.25, 0.3) is 0 Å². The van der Waals surface area contributed by atoms with E-state index in [4.69, 9.17) is 0 Å². The van der Waals surface area contributed by atoms with Gasteiger partial charge in [0.15, 0.2) is 0 Å². The van der Waals surface area contributed by atoms with Crippen LogP contribution in [0.3, 0.4) is 0 Å². The molecule has 3 heterocycles. The Hall–Kier alpha value is -1.28. The van der Waals surface area contributed by atoms with Gasteiger partial charge >= 0.3 is 0 Å². The Morgan fingerprint density at radius 3 is 2.68 bits per heavy atom. The number of carbonyl (C=O) groups is 3. The van der Waals surface area contributed by atoms with E-state index in [-0.39, 0.29) is 41.4 Å². The van der Waals surface area contributed by atoms with E-state index >= 15 is 0 Å². The molecule has 0 saturated carbocycles. The minimum absolute atomic E-state index is 0.0313. The molecule has 3 saturated heterocycles. The number of likely N-dealkylation sites (tertiary alicyclic amines) is 1. The van der Waals surface area contributed by atoms with Gasteiger partial charge in [-0.15, -0.1) is 11.8 Å². The highest BCUT2D eigenvalue weighted by atomic mass is 32.2. The first-order valence-electron chi connectivity index (χ1n) is 10.5. The number of amides is 3. The van der Waals surface area contributed by atoms with E-state index < -0.39 is 16.7 Å². The van der Waals surface area contributed by atoms with Crippen molar-refractivity contribution in [3.05, 3.63) is 0 Å². The SMILES string of the molecule is CCCCCNC(=O)C1N(CCCO)C(=O)[C@@H]2[C@@H](C(=O)NC)[C@H]3CC(C)C12S3. The molecule has 0 aliphatic carbocycles. The first-order chi connectivity index (χ1) is 13.4. The van der Waals surface area contributed by atoms with Gasteiger partial charge in [0.05, 0.1) is 16.6 Å². The quantitative estimate of drug-likeness (QED) is 0.487. The third-order valence-electron chi connectivity index (χ3n) is 6.68. The van der Waals surface area contributed by atoms with Gasteiger partial charge < -0.3 is 20.6 Å². The van der Waals surface area contributed by atoms with Crippen LogP contribution in [0.4, 0.5) is 0 Å². The molecule has 0 aromatic rings. The van der Waals surface area contributed by atoms with E-state index in [2.05, 4.69) is 24.5 Å². The number of hydrogen-bond donors (Lipinski definition) is 3. The second kappa shape index (κ2) is 8.61. The van der Waals surface area contributed by atoms with Gasteiger partial charge in [-0.05, 0) is 25.2 Å². The number of aliphatic hydroxyl groups excluding tert-OH is 1. The zero-order chi connectivity index (χ0) is 20.5. The Labute approximate surface area is 171 Å². The molecule has 8 heteroatoms. The third-order valence-corrected chi connectivity index (χ3v) is 8.76. The molecule has 3 fully saturated rings. The van der Waals surface area contributed by atoms with E-state index in [9.17, 15) is 19.5 Å². The van der Waals surface area contributed by atoms with Gasteiger partial charge in [-0.25, -0.2) is 0 Å². The van der Waals surface area contributed by atoms with Crippen molar-refractivity contribution in [2.24, 2.45) is 17.8 Å². The number of nitrogens with zero attached hydrogens (tertiary/aromatic N) is 1. The van der Waals surface area contributed by atoms with Crippen molar-refractivity contribution in [2.75, 3.05) is 26.7 Å². The van der Waals surface area contributed by atoms with Crippen LogP contribution >= 0.6 is 11.8 Å². The zero-order valence-corrected chi connectivity index (χ0v) is 17.9. The largest absolute Gasteiger partial charge is 0.396 e. The molecular weight excluding hydrogens is 378 g/mol. The number of aliphatic hydroxyl groups is 1. The van der Waals surface area contributed by atoms with Crippen molar-refractivity contribution in [1.29, 1.82) is 0 Å². The monoisotopic (exact) mass is 411 g/mol. The molecule has 6 atom stereocenters. The highest BCUT2D eigenvalue weighted by Crippen LogP contribution is 2.68. The van der Waals surface area contributed by atoms with Crippen molar-refractivity contribution in [3.8, 4) is 0 Å². The predicted molar refractivity (Wildman–Crippen MR) is 109 cm³/mol. The Morgan fingerprint density at radius 1 is 1.29 bits per heavy atom. The molecule has 3 unspecified atom stereocenters. The lowest BCUT2D eigenvalue weighted by Gasteiger charge is -2.38. The molecule has 3 N–H and O–H groups in total. The summed E-state index contributed by atoms with van der Waals surface area (Å²) in [5, 5.41) is 15.1. The van der Waals surface area contributed by atoms with E-state index in [0.717, 1.165) is 25.7 Å². The highest BCUT2D eigenvalue weighted by Gasteiger charge is 2.75. The van der Waals surface area contributed by atoms with E-state index in [1.165, 1.54) is 0 Å². The Balaban J connectivity index is 1.92. The highest BCUT2D eigenvalue weighted by molar-refractivity contribution is 8.02. The van der Waals surface area contributed by atoms with E-state index in [0.29, 0.717) is 19.5 Å². The van der Waals surface area contributed by atoms with Crippen molar-refractivity contribution in [2.45, 2.75) is 62.0 Å². The van der Waals surface area contributed by atoms with Gasteiger partial charge in [0.1, 0.15) is 6.04 Å². The molecular formula is C20H33N3O4S. The first-order valence-corrected chi connectivity index (χ1v) is 11.4. The van der Waals surface area contributed by atoms with Crippen LogP contribution in [0.15, 0.2) is 0 Å². The minimum atomic E-state index is -0.571. The van der Waals surface area contributed by atoms with Gasteiger partial charge in [-0.2, -0.15) is 0 Å². The molecule has 0 radical (unpaired) electrons. The molecule has 7 nitrogen and oxygen atoms in total. The average molecular weight is 412 g/mol. The standard InChI is InChI=1S/C20H33N3O4S/c1-4-5-6-8-22-18(26)16-20-12(2)11-13(28-20)14(17(25)21-3)15(20)19(27)23(16)9-7-10-24/h12-16,24H,4-11H2,1-3H3,(H,21,25)(H,22,26)/t12?,13-,14+,15+,16?,20?/m1/s1. The summed E-state index contributed by atoms with van der Waals surface area (Å²) in [5.74, 6) is -0.970. The number of thioether (sulfide) groups is 1. The van der Waals surface area contributed by atoms with Crippen LogP contribution in [0.5, 0.6) is 0 Å². The van der Waals surface area contributed by atoms with Gasteiger partial charge in [0.25, 0.3) is 0 Å². The van der Waals surface area contributed by atoms with Crippen molar-refractivity contribution in [1.82, 2.24) is 15.5 Å². The number of rotatable bonds is 9. The summed E-state index contributed by atoms with van der Waals surface area (Å²) in [4.78, 5) is 40.9. The fourth-order valence-corrected chi connectivity index (χ4v) is 7.87. The summed E-state index contributed by atoms with van der Waals surface area (Å²) in [6.07, 6.45) is 4.33. The van der Waals surface area contributed by atoms with Crippen LogP contribution in [0, 0.1) is 17.8 Å². The molecule has 158 valence electrons. The topological polar surface area (TPSA) is 98.7 Å². The normalized spacial score (nSPS) is 35.9. The van der Waals surface area contributed by atoms with E-state index in [1.54, 1.807) is 23.7 Å². The molecule has 3 aliphatic rings. The molecule has 0 aromatic carbocycles. The predicted octanol–water partition coefficient (Wildman–Crippen LogP) is 0.758. The molecule has 1 spiro atoms. The fraction of sp³-hybridized carbons (Fsp3) is 0.850. The summed E-state index contributed by atoms with van der Waals surface area (Å²) in [7, 11) is 1.61. The van der Waals surface area contributed by atoms with Crippen molar-refractivity contribution in [3.63, 3.8) is 0 Å². The molecule has 0 aromatic heterocycles. The zero-order valence-electron chi connectivity index (χ0n) is 17.1. The molecule has 2 bridgehead atoms. The van der Waals surface area contributed by atoms with Crippen LogP contribution in [-0.2, 0) is 14.4 Å². The van der Waals surface area contributed by atoms with Gasteiger partial charge in [-0.3, -0.25) is 14.4 Å². The summed E-state index contributed by atoms with van der Waals surface area (Å²) in [5.41, 5.74) is 0. The van der Waals surface area contributed by atoms with Crippen LogP contribution in [0.2, 0.25) is 0 Å². The van der Waals surface area contributed by atoms with Gasteiger partial charge in [0.2, 0.25) is 17.7 Å². The summed E-state index contributed by atoms with van der Waals surface area (Å²) < 4.78 is -0.552. The maximum Gasteiger partial charge on any atom is 0.244 e. The Bertz CT molecular complexity index is 631. The summed E-state index contributed by atoms with van der Waals surface area (Å²) >= 11 is 1.68. The van der Waals surface area contributed by atoms with Crippen molar-refractivity contribution < 1.29 is 19.5 Å². The maximum atomic E-state index is 13.4. The lowest BCUT2D eigenvalue weighted by atomic mass is 9.66. The lowest BCUT2D eigenvalue weighted by Crippen LogP contribution is -2.56. The lowest BCUT2D eigenvalue weighted by molar-refractivity contribution is -0.140. The minimum Gasteiger partial charge on any atom is -0.396 e. The maximum absolute atomic E-state index is 13.4. The number of hydrogen-bond acceptors (Lipinski definition) is 5. The van der Waals surface area contributed by atoms with Crippen molar-refractivity contribution >= 4 is 29.5 Å². The van der Waals surface area contributed by atoms with E-state index in [1.807, 2.05) is 0 Å². The summed E-state index contributed by atoms with van der Waals surface area (Å²) in [6.45, 7) is 5.15. The Kier molecular flexibility index (Phi) is 6.59. The van der Waals surface area contributed by atoms with Crippen LogP contribution < -0.4 is 10.6 Å². The second-order valence-corrected chi connectivity index (χ2v) is 9.82. The first kappa shape index (κ1) is 21.4. The number of unbranched alkanes of at least 4 members (excludes halogenated alkanes) is 2. The third kappa shape index (κ3) is 3.22. The molecule has 28 heavy (non-hydrogen) atoms. The molecule has 3 amide bonds. The number of carbonyl (C=O) groups excluding carboxylic acids is 3. The smallest absolute Gasteiger partial charge is 0.244 e. The Morgan fingerprint density at radius 2 is 2.04 bits per heavy atom. The molecule has 3 rings (SSSR count). The van der Waals surface area contributed by atoms with Gasteiger partial charge in [0, 0.05) is 32.0 Å². The average Bonchev–Trinajstić information content (AvgIpc) is 3.26. The fourth-order valence-electron chi connectivity index (χ4n) is 5.45. The second-order valence-electron chi connectivity index (χ2n) is 8.27. The number of fused-ring (bicyclic) bond motifs is 1. The van der Waals surface area contributed by atoms with Crippen LogP contribution in [0.1, 0.15) is 46.0 Å². The molecule has 3 aliphatic heterocycles. The number of nitrogens with one attached hydrogen (secondary N) is 2. The van der Waals surface area contributed by atoms with Crippen LogP contribution in [-0.4, -0.2) is 70.5 Å². The van der Waals surface area contributed by atoms with Gasteiger partial charge in [-0.1, -0.05) is 26.7 Å².